The van der Waals surface area contributed by atoms with Crippen LogP contribution in [0.4, 0.5) is 13.2 Å². The molecule has 22 heavy (non-hydrogen) atoms. The lowest BCUT2D eigenvalue weighted by Crippen LogP contribution is -2.03. The van der Waals surface area contributed by atoms with Gasteiger partial charge >= 0.3 is 6.18 Å². The number of hydrogen-bond donors (Lipinski definition) is 1. The van der Waals surface area contributed by atoms with Crippen LogP contribution in [-0.4, -0.2) is 20.4 Å². The van der Waals surface area contributed by atoms with E-state index >= 15 is 0 Å². The predicted octanol–water partition coefficient (Wildman–Crippen LogP) is 3.49. The molecule has 3 rings (SSSR count). The molecule has 0 aliphatic heterocycles. The molecule has 0 fully saturated rings. The Morgan fingerprint density at radius 2 is 1.86 bits per heavy atom. The van der Waals surface area contributed by atoms with Crippen molar-refractivity contribution in [2.75, 3.05) is 0 Å². The Morgan fingerprint density at radius 1 is 1.14 bits per heavy atom. The monoisotopic (exact) mass is 321 g/mol. The molecule has 0 saturated carbocycles. The molecule has 0 aliphatic rings. The minimum atomic E-state index is -4.37. The van der Waals surface area contributed by atoms with E-state index in [1.807, 2.05) is 6.07 Å². The number of rotatable bonds is 2. The number of H-pyrrole nitrogens is 1. The lowest BCUT2D eigenvalue weighted by Gasteiger charge is -2.06. The van der Waals surface area contributed by atoms with Crippen LogP contribution >= 0.6 is 11.3 Å². The lowest BCUT2D eigenvalue weighted by molar-refractivity contribution is -0.137. The number of aromatic amines is 1. The minimum Gasteiger partial charge on any atom is -0.234 e. The van der Waals surface area contributed by atoms with E-state index in [9.17, 15) is 13.2 Å². The molecule has 2 heterocycles. The second kappa shape index (κ2) is 5.23. The molecule has 0 aliphatic carbocycles. The molecule has 1 N–H and O–H groups in total. The summed E-state index contributed by atoms with van der Waals surface area (Å²) in [7, 11) is 0. The number of alkyl halides is 3. The number of nitrogens with one attached hydrogen (secondary N) is 1. The average Bonchev–Trinajstić information content (AvgIpc) is 3.15. The fourth-order valence-corrected chi connectivity index (χ4v) is 2.62. The molecule has 3 aromatic rings. The van der Waals surface area contributed by atoms with Crippen molar-refractivity contribution < 1.29 is 13.2 Å². The SMILES string of the molecule is N#Cc1n[nH]nc1-c1nc(-c2ccc(C(F)(F)F)cc2)cs1. The first-order valence-electron chi connectivity index (χ1n) is 5.93. The molecule has 0 saturated heterocycles. The van der Waals surface area contributed by atoms with E-state index in [-0.39, 0.29) is 5.69 Å². The normalized spacial score (nSPS) is 11.4. The zero-order valence-electron chi connectivity index (χ0n) is 10.7. The first-order chi connectivity index (χ1) is 10.5. The maximum Gasteiger partial charge on any atom is 0.416 e. The zero-order valence-corrected chi connectivity index (χ0v) is 11.5. The summed E-state index contributed by atoms with van der Waals surface area (Å²) in [6, 6.07) is 6.61. The summed E-state index contributed by atoms with van der Waals surface area (Å²) in [4.78, 5) is 4.29. The van der Waals surface area contributed by atoms with Crippen LogP contribution in [0.15, 0.2) is 29.6 Å². The van der Waals surface area contributed by atoms with Crippen molar-refractivity contribution >= 4 is 11.3 Å². The molecule has 0 amide bonds. The van der Waals surface area contributed by atoms with Gasteiger partial charge in [0.05, 0.1) is 11.3 Å². The van der Waals surface area contributed by atoms with E-state index in [2.05, 4.69) is 20.4 Å². The maximum absolute atomic E-state index is 12.5. The maximum atomic E-state index is 12.5. The molecule has 5 nitrogen and oxygen atoms in total. The highest BCUT2D eigenvalue weighted by atomic mass is 32.1. The largest absolute Gasteiger partial charge is 0.416 e. The van der Waals surface area contributed by atoms with Gasteiger partial charge in [0.1, 0.15) is 11.1 Å². The quantitative estimate of drug-likeness (QED) is 0.783. The molecule has 9 heteroatoms. The summed E-state index contributed by atoms with van der Waals surface area (Å²) >= 11 is 1.23. The van der Waals surface area contributed by atoms with Crippen molar-refractivity contribution in [3.8, 4) is 28.0 Å². The Hall–Kier alpha value is -2.73. The van der Waals surface area contributed by atoms with Gasteiger partial charge in [-0.3, -0.25) is 0 Å². The van der Waals surface area contributed by atoms with Crippen LogP contribution in [0, 0.1) is 11.3 Å². The van der Waals surface area contributed by atoms with Crippen molar-refractivity contribution in [1.29, 1.82) is 5.26 Å². The van der Waals surface area contributed by atoms with Crippen LogP contribution < -0.4 is 0 Å². The predicted molar refractivity (Wildman–Crippen MR) is 72.6 cm³/mol. The summed E-state index contributed by atoms with van der Waals surface area (Å²) in [6.07, 6.45) is -4.37. The van der Waals surface area contributed by atoms with Gasteiger partial charge < -0.3 is 0 Å². The lowest BCUT2D eigenvalue weighted by atomic mass is 10.1. The number of benzene rings is 1. The van der Waals surface area contributed by atoms with Crippen LogP contribution in [-0.2, 0) is 6.18 Å². The molecule has 0 atom stereocenters. The van der Waals surface area contributed by atoms with Gasteiger partial charge in [0.2, 0.25) is 0 Å². The van der Waals surface area contributed by atoms with E-state index < -0.39 is 11.7 Å². The van der Waals surface area contributed by atoms with Crippen LogP contribution in [0.3, 0.4) is 0 Å². The Kier molecular flexibility index (Phi) is 3.38. The number of nitriles is 1. The van der Waals surface area contributed by atoms with Gasteiger partial charge in [-0.15, -0.1) is 16.4 Å². The fraction of sp³-hybridized carbons (Fsp3) is 0.0769. The Bertz CT molecular complexity index is 842. The van der Waals surface area contributed by atoms with Gasteiger partial charge in [-0.2, -0.15) is 28.7 Å². The topological polar surface area (TPSA) is 78.2 Å². The second-order valence-electron chi connectivity index (χ2n) is 4.25. The number of aromatic nitrogens is 4. The van der Waals surface area contributed by atoms with Gasteiger partial charge in [-0.25, -0.2) is 4.98 Å². The fourth-order valence-electron chi connectivity index (χ4n) is 1.80. The smallest absolute Gasteiger partial charge is 0.234 e. The van der Waals surface area contributed by atoms with Crippen LogP contribution in [0.25, 0.3) is 22.0 Å². The third-order valence-electron chi connectivity index (χ3n) is 2.87. The van der Waals surface area contributed by atoms with Crippen molar-refractivity contribution in [2.45, 2.75) is 6.18 Å². The molecule has 0 spiro atoms. The second-order valence-corrected chi connectivity index (χ2v) is 5.10. The van der Waals surface area contributed by atoms with Gasteiger partial charge in [0.15, 0.2) is 11.4 Å². The zero-order chi connectivity index (χ0) is 15.7. The molecule has 1 aromatic carbocycles. The Balaban J connectivity index is 1.93. The number of nitrogens with zero attached hydrogens (tertiary/aromatic N) is 4. The van der Waals surface area contributed by atoms with Gasteiger partial charge in [-0.1, -0.05) is 12.1 Å². The van der Waals surface area contributed by atoms with Crippen molar-refractivity contribution in [2.24, 2.45) is 0 Å². The molecule has 0 unspecified atom stereocenters. The number of hydrogen-bond acceptors (Lipinski definition) is 5. The van der Waals surface area contributed by atoms with E-state index in [0.717, 1.165) is 12.1 Å². The summed E-state index contributed by atoms with van der Waals surface area (Å²) in [5.41, 5.74) is 0.798. The Labute approximate surface area is 126 Å². The third kappa shape index (κ3) is 2.56. The van der Waals surface area contributed by atoms with E-state index in [1.54, 1.807) is 5.38 Å². The Morgan fingerprint density at radius 3 is 2.50 bits per heavy atom. The molecule has 0 bridgehead atoms. The average molecular weight is 321 g/mol. The molecule has 110 valence electrons. The summed E-state index contributed by atoms with van der Waals surface area (Å²) in [5.74, 6) is 0. The van der Waals surface area contributed by atoms with E-state index in [4.69, 9.17) is 5.26 Å². The van der Waals surface area contributed by atoms with Gasteiger partial charge in [-0.05, 0) is 12.1 Å². The summed E-state index contributed by atoms with van der Waals surface area (Å²) < 4.78 is 37.6. The highest BCUT2D eigenvalue weighted by Crippen LogP contribution is 2.32. The number of halogens is 3. The minimum absolute atomic E-state index is 0.119. The molecule has 2 aromatic heterocycles. The van der Waals surface area contributed by atoms with Crippen molar-refractivity contribution in [3.63, 3.8) is 0 Å². The molecular formula is C13H6F3N5S. The standard InChI is InChI=1S/C13H6F3N5S/c14-13(15,16)8-3-1-7(2-4-8)10-6-22-12(18-10)11-9(5-17)19-21-20-11/h1-4,6H,(H,19,20,21). The van der Waals surface area contributed by atoms with Gasteiger partial charge in [0.25, 0.3) is 0 Å². The highest BCUT2D eigenvalue weighted by Gasteiger charge is 2.30. The van der Waals surface area contributed by atoms with Crippen LogP contribution in [0.5, 0.6) is 0 Å². The van der Waals surface area contributed by atoms with E-state index in [0.29, 0.717) is 22.0 Å². The van der Waals surface area contributed by atoms with E-state index in [1.165, 1.54) is 23.5 Å². The first kappa shape index (κ1) is 14.2. The van der Waals surface area contributed by atoms with Crippen molar-refractivity contribution in [3.05, 3.63) is 40.9 Å². The first-order valence-corrected chi connectivity index (χ1v) is 6.81. The van der Waals surface area contributed by atoms with Crippen LogP contribution in [0.1, 0.15) is 11.3 Å². The molecule has 0 radical (unpaired) electrons. The summed E-state index contributed by atoms with van der Waals surface area (Å²) in [6.45, 7) is 0. The molecular weight excluding hydrogens is 315 g/mol. The van der Waals surface area contributed by atoms with Crippen LogP contribution in [0.2, 0.25) is 0 Å². The summed E-state index contributed by atoms with van der Waals surface area (Å²) in [5, 5.41) is 20.9. The van der Waals surface area contributed by atoms with Crippen molar-refractivity contribution in [1.82, 2.24) is 20.4 Å². The van der Waals surface area contributed by atoms with Gasteiger partial charge in [0, 0.05) is 10.9 Å². The third-order valence-corrected chi connectivity index (χ3v) is 3.72. The number of thiazole rings is 1. The highest BCUT2D eigenvalue weighted by molar-refractivity contribution is 7.13.